The van der Waals surface area contributed by atoms with Crippen molar-refractivity contribution in [1.82, 2.24) is 19.9 Å². The van der Waals surface area contributed by atoms with Crippen molar-refractivity contribution in [3.63, 3.8) is 0 Å². The number of pyridine rings is 2. The summed E-state index contributed by atoms with van der Waals surface area (Å²) in [5.74, 6) is 1.18. The quantitative estimate of drug-likeness (QED) is 0.461. The maximum atomic E-state index is 9.37. The predicted molar refractivity (Wildman–Crippen MR) is 124 cm³/mol. The van der Waals surface area contributed by atoms with E-state index in [0.717, 1.165) is 33.6 Å². The molecule has 4 rings (SSSR count). The van der Waals surface area contributed by atoms with Gasteiger partial charge < -0.3 is 10.1 Å². The molecule has 0 atom stereocenters. The highest BCUT2D eigenvalue weighted by Gasteiger charge is 2.19. The number of nitriles is 1. The van der Waals surface area contributed by atoms with Crippen LogP contribution in [0.1, 0.15) is 30.8 Å². The lowest BCUT2D eigenvalue weighted by Gasteiger charge is -2.16. The number of benzene rings is 1. The molecule has 0 spiro atoms. The Balaban J connectivity index is 1.75. The topological polar surface area (TPSA) is 96.6 Å². The Morgan fingerprint density at radius 2 is 1.81 bits per heavy atom. The molecule has 160 valence electrons. The number of methoxy groups -OCH3 is 1. The normalized spacial score (nSPS) is 11.3. The van der Waals surface area contributed by atoms with Crippen molar-refractivity contribution in [3.8, 4) is 17.5 Å². The molecule has 3 heterocycles. The van der Waals surface area contributed by atoms with Crippen molar-refractivity contribution in [2.75, 3.05) is 12.4 Å². The Morgan fingerprint density at radius 3 is 2.50 bits per heavy atom. The van der Waals surface area contributed by atoms with Crippen molar-refractivity contribution >= 4 is 22.5 Å². The number of nitrogens with zero attached hydrogens (tertiary/aromatic N) is 5. The Bertz CT molecular complexity index is 1310. The maximum Gasteiger partial charge on any atom is 0.165 e. The highest BCUT2D eigenvalue weighted by Crippen LogP contribution is 2.28. The molecule has 0 fully saturated rings. The largest absolute Gasteiger partial charge is 0.377 e. The van der Waals surface area contributed by atoms with Crippen LogP contribution in [0.4, 0.5) is 11.5 Å². The molecule has 0 aliphatic heterocycles. The van der Waals surface area contributed by atoms with E-state index in [1.807, 2.05) is 69.3 Å². The molecule has 0 radical (unpaired) electrons. The van der Waals surface area contributed by atoms with Gasteiger partial charge in [-0.3, -0.25) is 4.98 Å². The summed E-state index contributed by atoms with van der Waals surface area (Å²) in [5, 5.41) is 13.5. The van der Waals surface area contributed by atoms with Gasteiger partial charge in [-0.05, 0) is 62.2 Å². The van der Waals surface area contributed by atoms with E-state index in [1.165, 1.54) is 0 Å². The first-order valence-electron chi connectivity index (χ1n) is 10.3. The van der Waals surface area contributed by atoms with E-state index in [-0.39, 0.29) is 6.61 Å². The van der Waals surface area contributed by atoms with Gasteiger partial charge in [0, 0.05) is 19.0 Å². The van der Waals surface area contributed by atoms with Crippen LogP contribution in [0.3, 0.4) is 0 Å². The minimum Gasteiger partial charge on any atom is -0.377 e. The molecule has 1 N–H and O–H groups in total. The van der Waals surface area contributed by atoms with Crippen LogP contribution in [0.5, 0.6) is 0 Å². The van der Waals surface area contributed by atoms with Crippen LogP contribution >= 0.6 is 0 Å². The molecule has 0 unspecified atom stereocenters. The molecule has 4 aromatic rings. The number of hydrogen-bond acceptors (Lipinski definition) is 7. The highest BCUT2D eigenvalue weighted by atomic mass is 16.5. The van der Waals surface area contributed by atoms with Gasteiger partial charge in [0.1, 0.15) is 12.4 Å². The lowest BCUT2D eigenvalue weighted by Crippen LogP contribution is -2.13. The van der Waals surface area contributed by atoms with Gasteiger partial charge in [-0.1, -0.05) is 18.2 Å². The van der Waals surface area contributed by atoms with Crippen molar-refractivity contribution in [1.29, 1.82) is 5.26 Å². The average Bonchev–Trinajstić information content (AvgIpc) is 2.79. The zero-order valence-electron chi connectivity index (χ0n) is 18.5. The summed E-state index contributed by atoms with van der Waals surface area (Å²) in [4.78, 5) is 18.5. The van der Waals surface area contributed by atoms with Crippen molar-refractivity contribution in [3.05, 3.63) is 71.7 Å². The molecule has 7 nitrogen and oxygen atoms in total. The van der Waals surface area contributed by atoms with Crippen molar-refractivity contribution < 1.29 is 4.74 Å². The van der Waals surface area contributed by atoms with E-state index in [0.29, 0.717) is 17.3 Å². The maximum absolute atomic E-state index is 9.37. The number of aromatic nitrogens is 4. The second-order valence-electron chi connectivity index (χ2n) is 8.10. The molecule has 3 aromatic heterocycles. The molecule has 0 saturated carbocycles. The number of rotatable bonds is 6. The molecule has 32 heavy (non-hydrogen) atoms. The fourth-order valence-corrected chi connectivity index (χ4v) is 3.40. The van der Waals surface area contributed by atoms with E-state index in [9.17, 15) is 5.26 Å². The highest BCUT2D eigenvalue weighted by molar-refractivity contribution is 5.90. The third-order valence-corrected chi connectivity index (χ3v) is 5.28. The lowest BCUT2D eigenvalue weighted by molar-refractivity contribution is 0.178. The summed E-state index contributed by atoms with van der Waals surface area (Å²) < 4.78 is 5.26. The Morgan fingerprint density at radius 1 is 1.03 bits per heavy atom. The summed E-state index contributed by atoms with van der Waals surface area (Å²) in [6, 6.07) is 17.9. The van der Waals surface area contributed by atoms with Crippen LogP contribution in [0.2, 0.25) is 0 Å². The van der Waals surface area contributed by atoms with Crippen LogP contribution < -0.4 is 5.32 Å². The molecule has 1 aromatic carbocycles. The first-order chi connectivity index (χ1) is 15.4. The zero-order chi connectivity index (χ0) is 22.7. The second-order valence-corrected chi connectivity index (χ2v) is 8.10. The summed E-state index contributed by atoms with van der Waals surface area (Å²) in [6.07, 6.45) is 1.76. The monoisotopic (exact) mass is 424 g/mol. The minimum absolute atomic E-state index is 0.272. The minimum atomic E-state index is -0.546. The third-order valence-electron chi connectivity index (χ3n) is 5.28. The molecular weight excluding hydrogens is 400 g/mol. The molecule has 0 aliphatic carbocycles. The number of aryl methyl sites for hydroxylation is 1. The van der Waals surface area contributed by atoms with E-state index < -0.39 is 5.41 Å². The van der Waals surface area contributed by atoms with Gasteiger partial charge in [0.05, 0.1) is 28.3 Å². The van der Waals surface area contributed by atoms with E-state index in [1.54, 1.807) is 13.3 Å². The summed E-state index contributed by atoms with van der Waals surface area (Å²) in [5.41, 5.74) is 4.46. The fourth-order valence-electron chi connectivity index (χ4n) is 3.40. The second kappa shape index (κ2) is 8.69. The molecule has 0 aliphatic rings. The SMILES string of the molecule is COCc1nc(Nc2ccc(C(C)(C)C#N)cc2)c2ccc(-c3ncccc3C)nc2n1. The van der Waals surface area contributed by atoms with Crippen molar-refractivity contribution in [2.24, 2.45) is 0 Å². The van der Waals surface area contributed by atoms with Crippen molar-refractivity contribution in [2.45, 2.75) is 32.8 Å². The third kappa shape index (κ3) is 4.27. The Kier molecular flexibility index (Phi) is 5.80. The zero-order valence-corrected chi connectivity index (χ0v) is 18.5. The number of fused-ring (bicyclic) bond motifs is 1. The molecular formula is C25H24N6O. The first kappa shape index (κ1) is 21.3. The molecule has 0 amide bonds. The van der Waals surface area contributed by atoms with Crippen LogP contribution in [-0.2, 0) is 16.8 Å². The Labute approximate surface area is 187 Å². The summed E-state index contributed by atoms with van der Waals surface area (Å²) in [6.45, 7) is 6.08. The van der Waals surface area contributed by atoms with E-state index in [2.05, 4.69) is 26.3 Å². The van der Waals surface area contributed by atoms with Gasteiger partial charge in [-0.25, -0.2) is 15.0 Å². The summed E-state index contributed by atoms with van der Waals surface area (Å²) >= 11 is 0. The first-order valence-corrected chi connectivity index (χ1v) is 10.3. The lowest BCUT2D eigenvalue weighted by atomic mass is 9.86. The fraction of sp³-hybridized carbons (Fsp3) is 0.240. The van der Waals surface area contributed by atoms with Crippen LogP contribution in [-0.4, -0.2) is 27.0 Å². The van der Waals surface area contributed by atoms with E-state index in [4.69, 9.17) is 9.72 Å². The van der Waals surface area contributed by atoms with Gasteiger partial charge >= 0.3 is 0 Å². The summed E-state index contributed by atoms with van der Waals surface area (Å²) in [7, 11) is 1.61. The smallest absolute Gasteiger partial charge is 0.165 e. The van der Waals surface area contributed by atoms with Gasteiger partial charge in [0.15, 0.2) is 11.5 Å². The van der Waals surface area contributed by atoms with Gasteiger partial charge in [-0.15, -0.1) is 0 Å². The number of hydrogen-bond donors (Lipinski definition) is 1. The predicted octanol–water partition coefficient (Wildman–Crippen LogP) is 5.09. The Hall–Kier alpha value is -3.89. The molecule has 7 heteroatoms. The van der Waals surface area contributed by atoms with Crippen LogP contribution in [0, 0.1) is 18.3 Å². The number of nitrogens with one attached hydrogen (secondary N) is 1. The van der Waals surface area contributed by atoms with Gasteiger partial charge in [0.2, 0.25) is 0 Å². The molecule has 0 bridgehead atoms. The van der Waals surface area contributed by atoms with E-state index >= 15 is 0 Å². The standard InChI is InChI=1S/C25H24N6O/c1-16-6-5-13-27-22(16)20-12-11-19-23(30-21(14-32-4)31-24(19)29-20)28-18-9-7-17(8-10-18)25(2,3)15-26/h5-13H,14H2,1-4H3,(H,28,29,30,31). The average molecular weight is 425 g/mol. The van der Waals surface area contributed by atoms with Gasteiger partial charge in [0.25, 0.3) is 0 Å². The molecule has 0 saturated heterocycles. The number of ether oxygens (including phenoxy) is 1. The number of anilines is 2. The van der Waals surface area contributed by atoms with Gasteiger partial charge in [-0.2, -0.15) is 5.26 Å². The van der Waals surface area contributed by atoms with Crippen LogP contribution in [0.15, 0.2) is 54.7 Å². The van der Waals surface area contributed by atoms with Crippen LogP contribution in [0.25, 0.3) is 22.4 Å².